The normalized spacial score (nSPS) is 14.8. The Kier molecular flexibility index (Phi) is 9.73. The van der Waals surface area contributed by atoms with Crippen molar-refractivity contribution < 1.29 is 24.2 Å². The minimum atomic E-state index is -1.05. The van der Waals surface area contributed by atoms with E-state index < -0.39 is 17.4 Å². The molecule has 1 fully saturated rings. The smallest absolute Gasteiger partial charge is 0.414 e. The van der Waals surface area contributed by atoms with Crippen LogP contribution >= 0.6 is 11.6 Å². The molecule has 2 aromatic rings. The molecule has 8 nitrogen and oxygen atoms in total. The number of benzene rings is 2. The molecule has 3 N–H and O–H groups in total. The predicted molar refractivity (Wildman–Crippen MR) is 139 cm³/mol. The van der Waals surface area contributed by atoms with Crippen molar-refractivity contribution in [2.24, 2.45) is 11.1 Å². The summed E-state index contributed by atoms with van der Waals surface area (Å²) < 4.78 is 5.70. The molecule has 36 heavy (non-hydrogen) atoms. The number of likely N-dealkylation sites (tertiary alicyclic amines) is 1. The number of amides is 3. The minimum absolute atomic E-state index is 0.0490. The van der Waals surface area contributed by atoms with Gasteiger partial charge in [-0.25, -0.2) is 4.79 Å². The van der Waals surface area contributed by atoms with Crippen LogP contribution in [0, 0.1) is 5.41 Å². The number of aryl methyl sites for hydroxylation is 1. The maximum Gasteiger partial charge on any atom is 0.414 e. The molecule has 0 spiro atoms. The van der Waals surface area contributed by atoms with Gasteiger partial charge in [0.15, 0.2) is 0 Å². The van der Waals surface area contributed by atoms with Gasteiger partial charge in [0.05, 0.1) is 12.0 Å². The average Bonchev–Trinajstić information content (AvgIpc) is 2.90. The lowest BCUT2D eigenvalue weighted by atomic mass is 9.78. The number of anilines is 1. The first-order valence-electron chi connectivity index (χ1n) is 12.2. The van der Waals surface area contributed by atoms with Crippen LogP contribution in [0.2, 0.25) is 5.02 Å². The number of piperidine rings is 1. The summed E-state index contributed by atoms with van der Waals surface area (Å²) in [6.07, 6.45) is 1.51. The molecule has 3 rings (SSSR count). The number of hydrogen-bond donors (Lipinski definition) is 2. The fourth-order valence-corrected chi connectivity index (χ4v) is 4.48. The predicted octanol–water partition coefficient (Wildman–Crippen LogP) is 3.91. The van der Waals surface area contributed by atoms with Crippen LogP contribution in [0.15, 0.2) is 48.5 Å². The second-order valence-corrected chi connectivity index (χ2v) is 9.51. The highest BCUT2D eigenvalue weighted by Crippen LogP contribution is 2.33. The summed E-state index contributed by atoms with van der Waals surface area (Å²) >= 11 is 6.36. The highest BCUT2D eigenvalue weighted by Gasteiger charge is 2.42. The van der Waals surface area contributed by atoms with Crippen molar-refractivity contribution in [2.75, 3.05) is 31.2 Å². The number of hydrogen-bond acceptors (Lipinski definition) is 5. The summed E-state index contributed by atoms with van der Waals surface area (Å²) in [7, 11) is 0. The summed E-state index contributed by atoms with van der Waals surface area (Å²) in [6, 6.07) is 14.9. The third-order valence-electron chi connectivity index (χ3n) is 6.78. The minimum Gasteiger partial charge on any atom is -0.448 e. The fourth-order valence-electron chi connectivity index (χ4n) is 4.28. The molecule has 1 aliphatic heterocycles. The lowest BCUT2D eigenvalue weighted by Crippen LogP contribution is -2.51. The molecule has 2 aromatic carbocycles. The number of aliphatic hydroxyl groups excluding tert-OH is 1. The van der Waals surface area contributed by atoms with E-state index in [0.717, 1.165) is 17.5 Å². The lowest BCUT2D eigenvalue weighted by Gasteiger charge is -2.39. The zero-order valence-electron chi connectivity index (χ0n) is 20.6. The Morgan fingerprint density at radius 1 is 1.11 bits per heavy atom. The summed E-state index contributed by atoms with van der Waals surface area (Å²) in [5, 5.41) is 9.50. The monoisotopic (exact) mass is 515 g/mol. The third kappa shape index (κ3) is 6.77. The number of rotatable bonds is 10. The summed E-state index contributed by atoms with van der Waals surface area (Å²) in [5.74, 6) is -0.622. The van der Waals surface area contributed by atoms with Gasteiger partial charge in [-0.3, -0.25) is 14.5 Å². The van der Waals surface area contributed by atoms with Crippen molar-refractivity contribution in [1.29, 1.82) is 0 Å². The molecule has 1 saturated heterocycles. The fraction of sp³-hybridized carbons (Fsp3) is 0.444. The Balaban J connectivity index is 1.73. The molecule has 0 atom stereocenters. The van der Waals surface area contributed by atoms with Crippen molar-refractivity contribution in [2.45, 2.75) is 45.6 Å². The van der Waals surface area contributed by atoms with Gasteiger partial charge in [-0.05, 0) is 55.0 Å². The third-order valence-corrected chi connectivity index (χ3v) is 7.15. The summed E-state index contributed by atoms with van der Waals surface area (Å²) in [5.41, 5.74) is 7.25. The van der Waals surface area contributed by atoms with E-state index in [1.54, 1.807) is 11.0 Å². The van der Waals surface area contributed by atoms with Gasteiger partial charge in [0.1, 0.15) is 6.61 Å². The van der Waals surface area contributed by atoms with Gasteiger partial charge in [0.25, 0.3) is 0 Å². The Bertz CT molecular complexity index is 1050. The zero-order valence-corrected chi connectivity index (χ0v) is 21.4. The van der Waals surface area contributed by atoms with E-state index in [0.29, 0.717) is 43.1 Å². The van der Waals surface area contributed by atoms with Gasteiger partial charge in [-0.15, -0.1) is 0 Å². The Hall–Kier alpha value is -3.10. The van der Waals surface area contributed by atoms with E-state index in [4.69, 9.17) is 27.2 Å². The van der Waals surface area contributed by atoms with Crippen LogP contribution in [-0.4, -0.2) is 54.2 Å². The number of carbonyl (C=O) groups excluding carboxylic acids is 3. The van der Waals surface area contributed by atoms with Crippen LogP contribution in [0.1, 0.15) is 43.7 Å². The van der Waals surface area contributed by atoms with E-state index >= 15 is 0 Å². The molecule has 1 heterocycles. The second kappa shape index (κ2) is 12.7. The molecule has 0 aliphatic carbocycles. The molecule has 194 valence electrons. The van der Waals surface area contributed by atoms with Gasteiger partial charge in [0, 0.05) is 36.8 Å². The number of ether oxygens (including phenoxy) is 1. The molecule has 0 aromatic heterocycles. The van der Waals surface area contributed by atoms with Crippen LogP contribution in [-0.2, 0) is 27.3 Å². The quantitative estimate of drug-likeness (QED) is 0.498. The van der Waals surface area contributed by atoms with Gasteiger partial charge >= 0.3 is 6.09 Å². The van der Waals surface area contributed by atoms with E-state index in [2.05, 4.69) is 6.92 Å². The lowest BCUT2D eigenvalue weighted by molar-refractivity contribution is -0.141. The average molecular weight is 516 g/mol. The van der Waals surface area contributed by atoms with Crippen molar-refractivity contribution >= 4 is 35.2 Å². The number of nitrogens with zero attached hydrogens (tertiary/aromatic N) is 2. The summed E-state index contributed by atoms with van der Waals surface area (Å²) in [6.45, 7) is 2.71. The zero-order chi connectivity index (χ0) is 26.1. The number of primary amides is 1. The molecule has 0 unspecified atom stereocenters. The van der Waals surface area contributed by atoms with E-state index in [1.165, 1.54) is 4.90 Å². The van der Waals surface area contributed by atoms with Crippen molar-refractivity contribution in [3.05, 3.63) is 64.7 Å². The molecule has 0 bridgehead atoms. The number of halogens is 1. The first-order valence-corrected chi connectivity index (χ1v) is 12.6. The highest BCUT2D eigenvalue weighted by atomic mass is 35.5. The van der Waals surface area contributed by atoms with Crippen LogP contribution in [0.4, 0.5) is 10.5 Å². The number of aliphatic hydroxyl groups is 1. The maximum atomic E-state index is 13.3. The van der Waals surface area contributed by atoms with Gasteiger partial charge in [-0.2, -0.15) is 0 Å². The van der Waals surface area contributed by atoms with Crippen molar-refractivity contribution in [3.8, 4) is 0 Å². The Morgan fingerprint density at radius 3 is 2.36 bits per heavy atom. The highest BCUT2D eigenvalue weighted by molar-refractivity contribution is 6.31. The van der Waals surface area contributed by atoms with Crippen molar-refractivity contribution in [1.82, 2.24) is 4.90 Å². The van der Waals surface area contributed by atoms with Crippen LogP contribution < -0.4 is 10.6 Å². The first kappa shape index (κ1) is 27.5. The molecule has 3 amide bonds. The maximum absolute atomic E-state index is 13.3. The standard InChI is InChI=1S/C27H34ClN3O5/c1-2-20-9-11-22(12-10-20)31(18-21-6-3-4-7-23(21)28)26(35)36-19-27(25(29)34)13-15-30(16-14-27)24(33)8-5-17-32/h3-4,6-7,9-12,32H,2,5,8,13-19H2,1H3,(H2,29,34). The van der Waals surface area contributed by atoms with Crippen LogP contribution in [0.25, 0.3) is 0 Å². The molecule has 0 saturated carbocycles. The SMILES string of the molecule is CCc1ccc(N(Cc2ccccc2Cl)C(=O)OCC2(C(N)=O)CCN(C(=O)CCCO)CC2)cc1. The Morgan fingerprint density at radius 2 is 1.78 bits per heavy atom. The molecular formula is C27H34ClN3O5. The van der Waals surface area contributed by atoms with Crippen molar-refractivity contribution in [3.63, 3.8) is 0 Å². The molecule has 0 radical (unpaired) electrons. The topological polar surface area (TPSA) is 113 Å². The molecule has 9 heteroatoms. The number of carbonyl (C=O) groups is 3. The second-order valence-electron chi connectivity index (χ2n) is 9.10. The first-order chi connectivity index (χ1) is 17.3. The summed E-state index contributed by atoms with van der Waals surface area (Å²) in [4.78, 5) is 41.2. The van der Waals surface area contributed by atoms with Crippen LogP contribution in [0.5, 0.6) is 0 Å². The van der Waals surface area contributed by atoms with Gasteiger partial charge in [-0.1, -0.05) is 48.9 Å². The van der Waals surface area contributed by atoms with Crippen LogP contribution in [0.3, 0.4) is 0 Å². The van der Waals surface area contributed by atoms with Gasteiger partial charge < -0.3 is 20.5 Å². The van der Waals surface area contributed by atoms with E-state index in [1.807, 2.05) is 42.5 Å². The van der Waals surface area contributed by atoms with Gasteiger partial charge in [0.2, 0.25) is 11.8 Å². The molecule has 1 aliphatic rings. The van der Waals surface area contributed by atoms with E-state index in [9.17, 15) is 14.4 Å². The van der Waals surface area contributed by atoms with E-state index in [-0.39, 0.29) is 32.1 Å². The molecular weight excluding hydrogens is 482 g/mol. The number of nitrogens with two attached hydrogens (primary N) is 1. The largest absolute Gasteiger partial charge is 0.448 e. The Labute approximate surface area is 217 Å².